The molecule has 0 saturated heterocycles. The summed E-state index contributed by atoms with van der Waals surface area (Å²) < 4.78 is 19.0. The summed E-state index contributed by atoms with van der Waals surface area (Å²) >= 11 is 5.77. The van der Waals surface area contributed by atoms with E-state index in [1.165, 1.54) is 0 Å². The highest BCUT2D eigenvalue weighted by atomic mass is 35.5. The molecule has 1 unspecified atom stereocenters. The molecule has 0 amide bonds. The predicted molar refractivity (Wildman–Crippen MR) is 119 cm³/mol. The van der Waals surface area contributed by atoms with Gasteiger partial charge in [-0.05, 0) is 15.4 Å². The summed E-state index contributed by atoms with van der Waals surface area (Å²) in [5.74, 6) is -0.965. The van der Waals surface area contributed by atoms with Crippen LogP contribution in [0, 0.1) is 0 Å². The number of hydrogen-bond donors (Lipinski definition) is 1. The van der Waals surface area contributed by atoms with Gasteiger partial charge in [0.1, 0.15) is 0 Å². The van der Waals surface area contributed by atoms with E-state index in [1.54, 1.807) is 0 Å². The summed E-state index contributed by atoms with van der Waals surface area (Å²) in [6.07, 6.45) is -0.683. The van der Waals surface area contributed by atoms with Gasteiger partial charge in [0.2, 0.25) is 0 Å². The summed E-state index contributed by atoms with van der Waals surface area (Å²) in [6.45, 7) is 6.38. The first kappa shape index (κ1) is 22.9. The molecular formula is C21H28ClO4PSi. The van der Waals surface area contributed by atoms with Gasteiger partial charge in [0.25, 0.3) is 8.32 Å². The van der Waals surface area contributed by atoms with Crippen LogP contribution >= 0.6 is 19.4 Å². The Kier molecular flexibility index (Phi) is 8.08. The lowest BCUT2D eigenvalue weighted by Gasteiger charge is -2.45. The average molecular weight is 439 g/mol. The third kappa shape index (κ3) is 5.35. The smallest absolute Gasteiger partial charge is 0.305 e. The van der Waals surface area contributed by atoms with Crippen LogP contribution in [0.5, 0.6) is 0 Å². The Balaban J connectivity index is 2.65. The largest absolute Gasteiger partial charge is 0.481 e. The molecule has 28 heavy (non-hydrogen) atoms. The molecule has 4 nitrogen and oxygen atoms in total. The van der Waals surface area contributed by atoms with Gasteiger partial charge in [0.05, 0.1) is 25.9 Å². The van der Waals surface area contributed by atoms with Crippen LogP contribution in [0.1, 0.15) is 27.2 Å². The maximum absolute atomic E-state index is 12.2. The van der Waals surface area contributed by atoms with E-state index in [0.717, 1.165) is 10.4 Å². The maximum atomic E-state index is 12.2. The lowest BCUT2D eigenvalue weighted by Crippen LogP contribution is -2.68. The van der Waals surface area contributed by atoms with E-state index in [0.29, 0.717) is 0 Å². The Hall–Kier alpha value is -1.39. The highest BCUT2D eigenvalue weighted by Crippen LogP contribution is 2.39. The van der Waals surface area contributed by atoms with Crippen molar-refractivity contribution < 1.29 is 18.9 Å². The van der Waals surface area contributed by atoms with Gasteiger partial charge in [0, 0.05) is 6.16 Å². The lowest BCUT2D eigenvalue weighted by molar-refractivity contribution is -0.138. The van der Waals surface area contributed by atoms with Crippen LogP contribution in [0.25, 0.3) is 0 Å². The molecular weight excluding hydrogens is 411 g/mol. The van der Waals surface area contributed by atoms with Crippen molar-refractivity contribution >= 4 is 44.1 Å². The van der Waals surface area contributed by atoms with Crippen LogP contribution in [0.2, 0.25) is 5.04 Å². The first-order valence-corrected chi connectivity index (χ1v) is 13.6. The molecule has 0 spiro atoms. The van der Waals surface area contributed by atoms with E-state index in [-0.39, 0.29) is 23.2 Å². The lowest BCUT2D eigenvalue weighted by atomic mass is 10.2. The summed E-state index contributed by atoms with van der Waals surface area (Å²) in [6, 6.07) is 20.0. The van der Waals surface area contributed by atoms with E-state index in [4.69, 9.17) is 16.0 Å². The number of carboxylic acid groups (broad SMARTS) is 1. The normalized spacial score (nSPS) is 14.4. The van der Waals surface area contributed by atoms with Gasteiger partial charge >= 0.3 is 5.97 Å². The molecule has 0 heterocycles. The summed E-state index contributed by atoms with van der Waals surface area (Å²) in [5, 5.41) is 11.3. The summed E-state index contributed by atoms with van der Waals surface area (Å²) in [7, 11) is -4.99. The summed E-state index contributed by atoms with van der Waals surface area (Å²) in [5.41, 5.74) is 0.0326. The predicted octanol–water partition coefficient (Wildman–Crippen LogP) is 4.16. The Morgan fingerprint density at radius 2 is 1.54 bits per heavy atom. The second kappa shape index (κ2) is 9.88. The standard InChI is InChI=1S/C21H28ClO4PSi/c1-21(2,3)28(18-10-6-4-7-11-18,19-12-8-5-9-13-19)26-17(14-20(23)24)15-27(25)16-22/h4-13,17,27H,14-16H2,1-3H3,(H,23,24)/t17-/m0/s1. The highest BCUT2D eigenvalue weighted by molar-refractivity contribution is 7.46. The third-order valence-electron chi connectivity index (χ3n) is 4.77. The molecule has 2 atom stereocenters. The molecule has 0 aliphatic carbocycles. The number of alkyl halides is 1. The molecule has 0 radical (unpaired) electrons. The first-order chi connectivity index (χ1) is 13.2. The van der Waals surface area contributed by atoms with Crippen LogP contribution in [0.3, 0.4) is 0 Å². The van der Waals surface area contributed by atoms with Gasteiger partial charge in [-0.15, -0.1) is 11.6 Å². The van der Waals surface area contributed by atoms with Crippen molar-refractivity contribution in [3.05, 3.63) is 60.7 Å². The molecule has 0 saturated carbocycles. The second-order valence-corrected chi connectivity index (χ2v) is 14.7. The number of aliphatic carboxylic acids is 1. The molecule has 1 N–H and O–H groups in total. The van der Waals surface area contributed by atoms with Crippen LogP contribution in [0.15, 0.2) is 60.7 Å². The number of hydrogen-bond acceptors (Lipinski definition) is 3. The van der Waals surface area contributed by atoms with E-state index >= 15 is 0 Å². The molecule has 0 aliphatic heterocycles. The minimum absolute atomic E-state index is 0.0326. The van der Waals surface area contributed by atoms with Crippen molar-refractivity contribution in [1.29, 1.82) is 0 Å². The van der Waals surface area contributed by atoms with Crippen LogP contribution < -0.4 is 10.4 Å². The molecule has 0 bridgehead atoms. The Bertz CT molecular complexity index is 754. The van der Waals surface area contributed by atoms with Crippen molar-refractivity contribution in [3.8, 4) is 0 Å². The Morgan fingerprint density at radius 3 is 1.89 bits per heavy atom. The quantitative estimate of drug-likeness (QED) is 0.362. The molecule has 0 fully saturated rings. The van der Waals surface area contributed by atoms with Gasteiger partial charge in [-0.25, -0.2) is 0 Å². The topological polar surface area (TPSA) is 63.6 Å². The van der Waals surface area contributed by atoms with Gasteiger partial charge in [0.15, 0.2) is 0 Å². The monoisotopic (exact) mass is 438 g/mol. The molecule has 2 aromatic carbocycles. The van der Waals surface area contributed by atoms with E-state index in [1.807, 2.05) is 60.7 Å². The highest BCUT2D eigenvalue weighted by Gasteiger charge is 2.51. The number of rotatable bonds is 9. The Morgan fingerprint density at radius 1 is 1.07 bits per heavy atom. The van der Waals surface area contributed by atoms with E-state index < -0.39 is 28.2 Å². The minimum atomic E-state index is -2.89. The SMILES string of the molecule is CC(C)(C)[Si](O[C@@H](CC(=O)O)C[PH](=O)CCl)(c1ccccc1)c1ccccc1. The van der Waals surface area contributed by atoms with Crippen LogP contribution in [-0.2, 0) is 13.8 Å². The second-order valence-electron chi connectivity index (χ2n) is 7.88. The van der Waals surface area contributed by atoms with E-state index in [2.05, 4.69) is 20.8 Å². The number of carboxylic acids is 1. The molecule has 2 rings (SSSR count). The van der Waals surface area contributed by atoms with E-state index in [9.17, 15) is 14.5 Å². The zero-order chi connectivity index (χ0) is 20.8. The van der Waals surface area contributed by atoms with Gasteiger partial charge in [-0.3, -0.25) is 4.79 Å². The minimum Gasteiger partial charge on any atom is -0.481 e. The van der Waals surface area contributed by atoms with Gasteiger partial charge in [-0.2, -0.15) is 0 Å². The van der Waals surface area contributed by atoms with Crippen molar-refractivity contribution in [1.82, 2.24) is 0 Å². The van der Waals surface area contributed by atoms with Gasteiger partial charge < -0.3 is 14.1 Å². The fourth-order valence-corrected chi connectivity index (χ4v) is 9.62. The molecule has 0 aliphatic rings. The first-order valence-electron chi connectivity index (χ1n) is 9.29. The Labute approximate surface area is 173 Å². The fraction of sp³-hybridized carbons (Fsp3) is 0.381. The summed E-state index contributed by atoms with van der Waals surface area (Å²) in [4.78, 5) is 11.5. The molecule has 2 aromatic rings. The average Bonchev–Trinajstić information content (AvgIpc) is 2.65. The van der Waals surface area contributed by atoms with Crippen molar-refractivity contribution in [2.45, 2.75) is 38.3 Å². The van der Waals surface area contributed by atoms with Gasteiger partial charge in [-0.1, -0.05) is 81.4 Å². The zero-order valence-corrected chi connectivity index (χ0v) is 19.3. The van der Waals surface area contributed by atoms with Crippen molar-refractivity contribution in [2.75, 3.05) is 11.8 Å². The number of benzene rings is 2. The molecule has 0 aromatic heterocycles. The molecule has 152 valence electrons. The van der Waals surface area contributed by atoms with Crippen LogP contribution in [-0.4, -0.2) is 37.3 Å². The third-order valence-corrected chi connectivity index (χ3v) is 12.0. The zero-order valence-electron chi connectivity index (χ0n) is 16.5. The fourth-order valence-electron chi connectivity index (χ4n) is 3.60. The van der Waals surface area contributed by atoms with Crippen LogP contribution in [0.4, 0.5) is 0 Å². The van der Waals surface area contributed by atoms with Crippen molar-refractivity contribution in [3.63, 3.8) is 0 Å². The van der Waals surface area contributed by atoms with Crippen molar-refractivity contribution in [2.24, 2.45) is 0 Å². The number of halogens is 1. The molecule has 7 heteroatoms. The maximum Gasteiger partial charge on any atom is 0.305 e. The number of carbonyl (C=O) groups is 1.